The minimum absolute atomic E-state index is 2.39. The van der Waals surface area contributed by atoms with Crippen molar-refractivity contribution in [3.63, 3.8) is 0 Å². The molecule has 0 aromatic heterocycles. The van der Waals surface area contributed by atoms with Gasteiger partial charge in [0.05, 0.1) is 0 Å². The van der Waals surface area contributed by atoms with Gasteiger partial charge in [-0.05, 0) is 0 Å². The fraction of sp³-hybridized carbons (Fsp3) is 0.500. The average molecular weight is 141 g/mol. The summed E-state index contributed by atoms with van der Waals surface area (Å²) in [6.07, 6.45) is 0. The van der Waals surface area contributed by atoms with Gasteiger partial charge in [0.15, 0.2) is 0 Å². The fourth-order valence-electron chi connectivity index (χ4n) is 0. The molecule has 0 heterocycles. The second-order valence-corrected chi connectivity index (χ2v) is 3.12. The van der Waals surface area contributed by atoms with Crippen LogP contribution in [0.4, 0.5) is 0 Å². The molecular weight excluding hydrogens is 135 g/mol. The van der Waals surface area contributed by atoms with E-state index in [4.69, 9.17) is 20.0 Å². The number of rotatable bonds is 1. The van der Waals surface area contributed by atoms with Crippen LogP contribution in [-0.2, 0) is 4.57 Å². The summed E-state index contributed by atoms with van der Waals surface area (Å²) in [5.41, 5.74) is -3.15. The molecule has 0 saturated heterocycles. The van der Waals surface area contributed by atoms with Crippen LogP contribution >= 0.6 is 7.60 Å². The largest absolute Gasteiger partial charge is 0.384 e. The van der Waals surface area contributed by atoms with Crippen LogP contribution in [0.25, 0.3) is 0 Å². The molecule has 5 nitrogen and oxygen atoms in total. The number of hydrogen-bond donors (Lipinski definition) is 4. The summed E-state index contributed by atoms with van der Waals surface area (Å²) in [4.78, 5) is 15.8. The monoisotopic (exact) mass is 141 g/mol. The Hall–Kier alpha value is 0.0700. The van der Waals surface area contributed by atoms with Crippen molar-refractivity contribution in [1.29, 1.82) is 0 Å². The summed E-state index contributed by atoms with van der Waals surface area (Å²) in [6, 6.07) is 0. The summed E-state index contributed by atoms with van der Waals surface area (Å²) in [6.45, 7) is 2.39. The highest BCUT2D eigenvalue weighted by molar-refractivity contribution is 7.53. The van der Waals surface area contributed by atoms with Crippen LogP contribution in [0.1, 0.15) is 0 Å². The molecule has 0 bridgehead atoms. The maximum atomic E-state index is 9.78. The first-order valence-electron chi connectivity index (χ1n) is 1.61. The topological polar surface area (TPSA) is 98.0 Å². The van der Waals surface area contributed by atoms with Crippen molar-refractivity contribution in [2.45, 2.75) is 5.53 Å². The summed E-state index contributed by atoms with van der Waals surface area (Å²) in [5, 5.41) is 16.1. The first kappa shape index (κ1) is 8.07. The molecule has 0 amide bonds. The molecule has 49 valence electrons. The molecule has 0 saturated carbocycles. The van der Waals surface area contributed by atoms with Crippen LogP contribution < -0.4 is 0 Å². The van der Waals surface area contributed by atoms with Crippen LogP contribution in [-0.4, -0.2) is 25.5 Å². The zero-order valence-corrected chi connectivity index (χ0v) is 4.75. The number of aliphatic hydroxyl groups is 2. The fourth-order valence-corrected chi connectivity index (χ4v) is 0. The highest BCUT2D eigenvalue weighted by Gasteiger charge is 2.38. The molecule has 0 spiro atoms. The smallest absolute Gasteiger partial charge is 0.356 e. The highest BCUT2D eigenvalue weighted by Crippen LogP contribution is 2.45. The van der Waals surface area contributed by atoms with Crippen LogP contribution in [0.5, 0.6) is 0 Å². The van der Waals surface area contributed by atoms with Crippen molar-refractivity contribution in [1.82, 2.24) is 0 Å². The Labute approximate surface area is 45.7 Å². The SMILES string of the molecule is [CH2]C(O)(O)P(=O)(O)O. The van der Waals surface area contributed by atoms with Gasteiger partial charge < -0.3 is 20.0 Å². The van der Waals surface area contributed by atoms with Gasteiger partial charge in [-0.25, -0.2) is 0 Å². The van der Waals surface area contributed by atoms with Crippen LogP contribution in [0.3, 0.4) is 0 Å². The Morgan fingerprint density at radius 2 is 1.50 bits per heavy atom. The molecule has 0 rings (SSSR count). The Balaban J connectivity index is 4.26. The van der Waals surface area contributed by atoms with Crippen molar-refractivity contribution in [3.8, 4) is 0 Å². The third-order valence-corrected chi connectivity index (χ3v) is 1.40. The summed E-state index contributed by atoms with van der Waals surface area (Å²) in [5.74, 6) is 0. The van der Waals surface area contributed by atoms with E-state index in [9.17, 15) is 4.57 Å². The van der Waals surface area contributed by atoms with Crippen molar-refractivity contribution in [3.05, 3.63) is 6.92 Å². The Morgan fingerprint density at radius 3 is 1.50 bits per heavy atom. The van der Waals surface area contributed by atoms with E-state index in [1.807, 2.05) is 0 Å². The van der Waals surface area contributed by atoms with E-state index in [1.165, 1.54) is 0 Å². The highest BCUT2D eigenvalue weighted by atomic mass is 31.2. The molecule has 0 fully saturated rings. The normalized spacial score (nSPS) is 14.1. The van der Waals surface area contributed by atoms with Crippen LogP contribution in [0, 0.1) is 6.92 Å². The predicted octanol–water partition coefficient (Wildman–Crippen LogP) is -1.36. The minimum atomic E-state index is -4.85. The molecule has 0 aliphatic rings. The average Bonchev–Trinajstić information content (AvgIpc) is 1.25. The number of hydrogen-bond acceptors (Lipinski definition) is 3. The molecule has 0 aliphatic carbocycles. The quantitative estimate of drug-likeness (QED) is 0.267. The minimum Gasteiger partial charge on any atom is -0.356 e. The Morgan fingerprint density at radius 1 is 1.38 bits per heavy atom. The van der Waals surface area contributed by atoms with Gasteiger partial charge in [-0.15, -0.1) is 0 Å². The standard InChI is InChI=1S/C2H6O5P/c1-2(3,4)8(5,6)7/h3-4H,1H2,(H2,5,6,7). The lowest BCUT2D eigenvalue weighted by atomic mass is 10.8. The van der Waals surface area contributed by atoms with Gasteiger partial charge in [-0.3, -0.25) is 4.57 Å². The van der Waals surface area contributed by atoms with Crippen LogP contribution in [0.15, 0.2) is 0 Å². The molecule has 4 N–H and O–H groups in total. The lowest BCUT2D eigenvalue weighted by Crippen LogP contribution is -2.22. The Kier molecular flexibility index (Phi) is 1.80. The third kappa shape index (κ3) is 1.90. The van der Waals surface area contributed by atoms with E-state index in [1.54, 1.807) is 0 Å². The molecule has 0 aromatic carbocycles. The predicted molar refractivity (Wildman–Crippen MR) is 24.6 cm³/mol. The molecule has 0 atom stereocenters. The van der Waals surface area contributed by atoms with E-state index in [0.717, 1.165) is 0 Å². The molecule has 0 aliphatic heterocycles. The van der Waals surface area contributed by atoms with Gasteiger partial charge in [0, 0.05) is 6.92 Å². The maximum absolute atomic E-state index is 9.78. The zero-order chi connectivity index (χ0) is 7.00. The maximum Gasteiger partial charge on any atom is 0.384 e. The van der Waals surface area contributed by atoms with E-state index in [-0.39, 0.29) is 0 Å². The second kappa shape index (κ2) is 1.79. The van der Waals surface area contributed by atoms with Crippen molar-refractivity contribution < 1.29 is 24.6 Å². The van der Waals surface area contributed by atoms with E-state index in [0.29, 0.717) is 0 Å². The van der Waals surface area contributed by atoms with Gasteiger partial charge in [0.25, 0.3) is 5.53 Å². The van der Waals surface area contributed by atoms with Gasteiger partial charge >= 0.3 is 7.60 Å². The van der Waals surface area contributed by atoms with E-state index >= 15 is 0 Å². The summed E-state index contributed by atoms with van der Waals surface area (Å²) in [7, 11) is -4.85. The van der Waals surface area contributed by atoms with Crippen molar-refractivity contribution in [2.24, 2.45) is 0 Å². The summed E-state index contributed by atoms with van der Waals surface area (Å²) < 4.78 is 9.78. The lowest BCUT2D eigenvalue weighted by Gasteiger charge is -2.15. The van der Waals surface area contributed by atoms with Gasteiger partial charge in [-0.2, -0.15) is 0 Å². The van der Waals surface area contributed by atoms with Gasteiger partial charge in [0.2, 0.25) is 0 Å². The van der Waals surface area contributed by atoms with Gasteiger partial charge in [-0.1, -0.05) is 0 Å². The van der Waals surface area contributed by atoms with Crippen LogP contribution in [0.2, 0.25) is 0 Å². The van der Waals surface area contributed by atoms with Crippen molar-refractivity contribution in [2.75, 3.05) is 0 Å². The van der Waals surface area contributed by atoms with E-state index in [2.05, 4.69) is 6.92 Å². The summed E-state index contributed by atoms with van der Waals surface area (Å²) >= 11 is 0. The zero-order valence-electron chi connectivity index (χ0n) is 3.85. The first-order valence-corrected chi connectivity index (χ1v) is 3.22. The molecule has 0 aromatic rings. The van der Waals surface area contributed by atoms with E-state index < -0.39 is 13.1 Å². The molecule has 6 heteroatoms. The Bertz CT molecular complexity index is 117. The third-order valence-electron chi connectivity index (χ3n) is 0.467. The lowest BCUT2D eigenvalue weighted by molar-refractivity contribution is -0.0648. The first-order chi connectivity index (χ1) is 3.25. The van der Waals surface area contributed by atoms with Crippen molar-refractivity contribution >= 4 is 7.60 Å². The van der Waals surface area contributed by atoms with Gasteiger partial charge in [0.1, 0.15) is 0 Å². The molecule has 0 unspecified atom stereocenters. The molecule has 1 radical (unpaired) electrons. The molecular formula is C2H6O5P. The molecule has 8 heavy (non-hydrogen) atoms. The second-order valence-electron chi connectivity index (χ2n) is 1.32.